The number of nitrogens with one attached hydrogen (secondary N) is 2. The summed E-state index contributed by atoms with van der Waals surface area (Å²) in [6.45, 7) is 10.9. The van der Waals surface area contributed by atoms with E-state index in [2.05, 4.69) is 51.5 Å². The van der Waals surface area contributed by atoms with Crippen molar-refractivity contribution in [1.29, 1.82) is 0 Å². The minimum absolute atomic E-state index is 0.0172. The lowest BCUT2D eigenvalue weighted by Crippen LogP contribution is -2.19. The van der Waals surface area contributed by atoms with Gasteiger partial charge in [0.2, 0.25) is 0 Å². The lowest BCUT2D eigenvalue weighted by Gasteiger charge is -2.12. The molecule has 33 heteroatoms. The van der Waals surface area contributed by atoms with Crippen molar-refractivity contribution in [1.82, 2.24) is 0 Å². The van der Waals surface area contributed by atoms with Gasteiger partial charge in [0.05, 0.1) is 85.4 Å². The van der Waals surface area contributed by atoms with E-state index in [1.165, 1.54) is 0 Å². The molecule has 29 nitrogen and oxygen atoms in total. The molecule has 0 saturated carbocycles. The Labute approximate surface area is 521 Å². The third kappa shape index (κ3) is 24.4. The number of aryl methyl sites for hydroxylation is 4. The van der Waals surface area contributed by atoms with Crippen LogP contribution in [0.3, 0.4) is 0 Å². The van der Waals surface area contributed by atoms with Crippen LogP contribution in [-0.4, -0.2) is 121 Å². The maximum atomic E-state index is 13.3. The zero-order valence-corrected chi connectivity index (χ0v) is 53.0. The number of azo groups is 4. The van der Waals surface area contributed by atoms with Crippen LogP contribution < -0.4 is 39.1 Å². The number of ether oxygens (including phenoxy) is 6. The van der Waals surface area contributed by atoms with Crippen LogP contribution in [-0.2, 0) is 40.5 Å². The third-order valence-electron chi connectivity index (χ3n) is 12.2. The molecule has 0 spiro atoms. The molecule has 0 unspecified atom stereocenters. The van der Waals surface area contributed by atoms with E-state index in [4.69, 9.17) is 37.5 Å². The van der Waals surface area contributed by atoms with Crippen LogP contribution in [0.2, 0.25) is 0 Å². The van der Waals surface area contributed by atoms with E-state index in [0.717, 1.165) is 0 Å². The molecule has 0 aromatic heterocycles. The van der Waals surface area contributed by atoms with Gasteiger partial charge in [0.1, 0.15) is 57.2 Å². The number of nitrogens with zero attached hydrogens (tertiary/aromatic N) is 8. The number of hydrogen-bond donors (Lipinski definition) is 6. The molecule has 0 aliphatic heterocycles. The van der Waals surface area contributed by atoms with Gasteiger partial charge in [-0.25, -0.2) is 4.79 Å². The number of anilines is 2. The molecule has 0 aliphatic rings. The fraction of sp³-hybridized carbons (Fsp3) is 0.351. The molecule has 0 aliphatic carbocycles. The Balaban J connectivity index is 1.13. The first-order chi connectivity index (χ1) is 42.5. The van der Waals surface area contributed by atoms with Crippen molar-refractivity contribution in [3.8, 4) is 34.5 Å². The van der Waals surface area contributed by atoms with Gasteiger partial charge >= 0.3 is 6.03 Å². The molecule has 0 atom stereocenters. The molecule has 0 saturated heterocycles. The van der Waals surface area contributed by atoms with Crippen molar-refractivity contribution >= 4 is 103 Å². The van der Waals surface area contributed by atoms with Gasteiger partial charge in [0.15, 0.2) is 0 Å². The lowest BCUT2D eigenvalue weighted by atomic mass is 10.1. The molecule has 0 heterocycles. The van der Waals surface area contributed by atoms with Gasteiger partial charge in [-0.15, -0.1) is 20.5 Å². The highest BCUT2D eigenvalue weighted by Crippen LogP contribution is 2.41. The Morgan fingerprint density at radius 2 is 0.644 bits per heavy atom. The fourth-order valence-electron chi connectivity index (χ4n) is 7.93. The van der Waals surface area contributed by atoms with Crippen molar-refractivity contribution in [2.45, 2.75) is 67.2 Å². The Hall–Kier alpha value is -8.57. The first-order valence-electron chi connectivity index (χ1n) is 27.6. The summed E-state index contributed by atoms with van der Waals surface area (Å²) in [6.07, 6.45) is 0.0216. The van der Waals surface area contributed by atoms with Crippen LogP contribution >= 0.6 is 0 Å². The van der Waals surface area contributed by atoms with Crippen LogP contribution in [0.5, 0.6) is 34.5 Å². The summed E-state index contributed by atoms with van der Waals surface area (Å²) in [5.74, 6) is -0.281. The molecule has 2 amide bonds. The Morgan fingerprint density at radius 1 is 0.356 bits per heavy atom. The van der Waals surface area contributed by atoms with Gasteiger partial charge in [0.25, 0.3) is 40.5 Å². The second kappa shape index (κ2) is 32.8. The van der Waals surface area contributed by atoms with Gasteiger partial charge in [-0.2, -0.15) is 54.1 Å². The average molecular weight is 1330 g/mol. The van der Waals surface area contributed by atoms with Gasteiger partial charge in [-0.3, -0.25) is 18.2 Å². The third-order valence-corrected chi connectivity index (χ3v) is 15.4. The van der Waals surface area contributed by atoms with Crippen LogP contribution in [0.4, 0.5) is 61.7 Å². The molecule has 6 aromatic carbocycles. The second-order valence-electron chi connectivity index (χ2n) is 19.7. The van der Waals surface area contributed by atoms with Gasteiger partial charge in [-0.1, -0.05) is 0 Å². The summed E-state index contributed by atoms with van der Waals surface area (Å²) in [5.41, 5.74) is 6.05. The molecule has 6 N–H and O–H groups in total. The minimum Gasteiger partial charge on any atom is -0.493 e. The molecule has 484 valence electrons. The molecule has 90 heavy (non-hydrogen) atoms. The topological polar surface area (TPSA) is 413 Å². The zero-order chi connectivity index (χ0) is 65.7. The highest BCUT2D eigenvalue weighted by molar-refractivity contribution is 7.86. The normalized spacial score (nSPS) is 12.3. The van der Waals surface area contributed by atoms with Crippen molar-refractivity contribution in [2.24, 2.45) is 40.9 Å². The van der Waals surface area contributed by atoms with Gasteiger partial charge in [-0.05, 0) is 162 Å². The molecular formula is C57H68N10O19S4. The average Bonchev–Trinajstić information content (AvgIpc) is 1.37. The number of carbonyl (C=O) groups is 1. The Bertz CT molecular complexity index is 3850. The van der Waals surface area contributed by atoms with E-state index in [-0.39, 0.29) is 88.2 Å². The summed E-state index contributed by atoms with van der Waals surface area (Å²) in [4.78, 5) is 13.3. The van der Waals surface area contributed by atoms with Crippen LogP contribution in [0, 0.1) is 27.7 Å². The standard InChI is InChI=1S/C57H68N10O19S4/c1-7-81-53-33-43(83-21-9-25-87(69,70)71)15-19-47(53)62-64-49-35-55(85-23-11-27-89(75,76)77)51(31-39(49)5)66-60-45-17-13-41(29-37(45)3)58-57(68)59-42-14-18-46(38(4)30-42)61-67-52-32-40(6)50(36-56(52)86-24-12-28-90(78,79)80)65-63-48-20-16-44(34-54(48)82-8-2)84-22-10-26-88(72,73)74/h13-20,29-36H,7-12,21-28H2,1-6H3,(H2,58,59,68)(H,69,70,71)(H,72,73,74)(H,75,76,77)(H,78,79,80)/b64-62?,65-63?,66-60+,67-61?. The Kier molecular flexibility index (Phi) is 25.7. The maximum Gasteiger partial charge on any atom is 0.323 e. The van der Waals surface area contributed by atoms with E-state index < -0.39 is 69.5 Å². The van der Waals surface area contributed by atoms with Gasteiger partial charge < -0.3 is 39.1 Å². The van der Waals surface area contributed by atoms with Crippen molar-refractivity contribution in [2.75, 3.05) is 73.3 Å². The molecule has 6 aromatic rings. The SMILES string of the molecule is CCOc1cc(OCCCS(=O)(=O)O)ccc1N=Nc1cc(OCCCS(=O)(=O)O)c(N=Nc2ccc(NC(=O)Nc3ccc(/N=N/c4cc(C)c(N=Nc5ccc(OCCCS(=O)(=O)O)cc5OCC)cc4OCCCS(=O)(=O)O)c(C)c3)cc2C)cc1C. The number of hydrogen-bond acceptors (Lipinski definition) is 23. The molecule has 0 radical (unpaired) electrons. The maximum absolute atomic E-state index is 13.3. The molecule has 0 fully saturated rings. The monoisotopic (exact) mass is 1320 g/mol. The minimum atomic E-state index is -4.26. The summed E-state index contributed by atoms with van der Waals surface area (Å²) in [7, 11) is -16.8. The molecule has 6 rings (SSSR count). The molecular weight excluding hydrogens is 1260 g/mol. The van der Waals surface area contributed by atoms with Crippen LogP contribution in [0.15, 0.2) is 138 Å². The number of rotatable bonds is 34. The summed E-state index contributed by atoms with van der Waals surface area (Å²) in [6, 6.07) is 25.2. The van der Waals surface area contributed by atoms with E-state index in [0.29, 0.717) is 90.8 Å². The smallest absolute Gasteiger partial charge is 0.323 e. The first kappa shape index (κ1) is 70.5. The molecule has 0 bridgehead atoms. The largest absolute Gasteiger partial charge is 0.493 e. The van der Waals surface area contributed by atoms with Crippen molar-refractivity contribution in [3.63, 3.8) is 0 Å². The quantitative estimate of drug-likeness (QED) is 0.0124. The lowest BCUT2D eigenvalue weighted by molar-refractivity contribution is 0.262. The highest BCUT2D eigenvalue weighted by Gasteiger charge is 2.17. The van der Waals surface area contributed by atoms with Gasteiger partial charge in [0, 0.05) is 35.6 Å². The van der Waals surface area contributed by atoms with Crippen molar-refractivity contribution < 1.29 is 85.1 Å². The Morgan fingerprint density at radius 3 is 0.978 bits per heavy atom. The van der Waals surface area contributed by atoms with Crippen molar-refractivity contribution in [3.05, 3.63) is 119 Å². The van der Waals surface area contributed by atoms with E-state index in [1.54, 1.807) is 139 Å². The number of amides is 2. The van der Waals surface area contributed by atoms with Crippen LogP contribution in [0.1, 0.15) is 61.8 Å². The highest BCUT2D eigenvalue weighted by atomic mass is 32.2. The van der Waals surface area contributed by atoms with E-state index in [1.807, 2.05) is 0 Å². The second-order valence-corrected chi connectivity index (χ2v) is 26.0. The first-order valence-corrected chi connectivity index (χ1v) is 34.1. The summed E-state index contributed by atoms with van der Waals surface area (Å²) < 4.78 is 161. The predicted molar refractivity (Wildman–Crippen MR) is 335 cm³/mol. The summed E-state index contributed by atoms with van der Waals surface area (Å²) in [5, 5.41) is 41.0. The predicted octanol–water partition coefficient (Wildman–Crippen LogP) is 13.7. The van der Waals surface area contributed by atoms with E-state index in [9.17, 15) is 47.6 Å². The zero-order valence-electron chi connectivity index (χ0n) is 49.8. The number of benzene rings is 6. The van der Waals surface area contributed by atoms with Crippen LogP contribution in [0.25, 0.3) is 0 Å². The number of carbonyl (C=O) groups excluding carboxylic acids is 1. The summed E-state index contributed by atoms with van der Waals surface area (Å²) >= 11 is 0. The van der Waals surface area contributed by atoms with E-state index >= 15 is 0 Å². The number of urea groups is 1. The fourth-order valence-corrected chi connectivity index (χ4v) is 9.86.